The maximum atomic E-state index is 11.8. The maximum Gasteiger partial charge on any atom is 0.150 e. The van der Waals surface area contributed by atoms with E-state index >= 15 is 0 Å². The van der Waals surface area contributed by atoms with Crippen molar-refractivity contribution in [2.45, 2.75) is 69.6 Å². The lowest BCUT2D eigenvalue weighted by Gasteiger charge is -2.50. The monoisotopic (exact) mass is 287 g/mol. The first-order valence-electron chi connectivity index (χ1n) is 7.73. The molecule has 2 N–H and O–H groups in total. The highest BCUT2D eigenvalue weighted by Gasteiger charge is 2.46. The fourth-order valence-corrected chi connectivity index (χ4v) is 5.51. The van der Waals surface area contributed by atoms with Gasteiger partial charge in [0.2, 0.25) is 0 Å². The van der Waals surface area contributed by atoms with Gasteiger partial charge in [-0.25, -0.2) is 8.42 Å². The van der Waals surface area contributed by atoms with Gasteiger partial charge < -0.3 is 5.73 Å². The Kier molecular flexibility index (Phi) is 4.32. The number of hydrogen-bond donors (Lipinski definition) is 1. The van der Waals surface area contributed by atoms with E-state index in [-0.39, 0.29) is 10.8 Å². The SMILES string of the molecule is CC1CCCC(N)(C2CCCC(S(C)(=O)=O)C2)C1C. The van der Waals surface area contributed by atoms with Gasteiger partial charge in [0.15, 0.2) is 0 Å². The van der Waals surface area contributed by atoms with Crippen LogP contribution in [0.15, 0.2) is 0 Å². The van der Waals surface area contributed by atoms with Gasteiger partial charge in [-0.05, 0) is 43.4 Å². The molecule has 0 amide bonds. The van der Waals surface area contributed by atoms with Crippen molar-refractivity contribution in [3.05, 3.63) is 0 Å². The van der Waals surface area contributed by atoms with Crippen molar-refractivity contribution in [2.24, 2.45) is 23.5 Å². The van der Waals surface area contributed by atoms with Crippen molar-refractivity contribution in [1.82, 2.24) is 0 Å². The normalized spacial score (nSPS) is 45.1. The highest BCUT2D eigenvalue weighted by atomic mass is 32.2. The quantitative estimate of drug-likeness (QED) is 0.849. The van der Waals surface area contributed by atoms with E-state index in [0.717, 1.165) is 32.1 Å². The summed E-state index contributed by atoms with van der Waals surface area (Å²) >= 11 is 0. The second-order valence-corrected chi connectivity index (χ2v) is 9.41. The standard InChI is InChI=1S/C15H29NO2S/c1-11-6-5-9-15(16,12(11)2)13-7-4-8-14(10-13)19(3,17)18/h11-14H,4-10,16H2,1-3H3. The molecule has 2 aliphatic carbocycles. The Labute approximate surface area is 118 Å². The molecule has 0 heterocycles. The molecular weight excluding hydrogens is 258 g/mol. The van der Waals surface area contributed by atoms with Crippen LogP contribution in [0.2, 0.25) is 0 Å². The first-order chi connectivity index (χ1) is 8.75. The summed E-state index contributed by atoms with van der Waals surface area (Å²) in [6, 6.07) is 0. The van der Waals surface area contributed by atoms with Gasteiger partial charge >= 0.3 is 0 Å². The Hall–Kier alpha value is -0.0900. The molecule has 2 saturated carbocycles. The summed E-state index contributed by atoms with van der Waals surface area (Å²) in [7, 11) is -2.91. The number of sulfone groups is 1. The fourth-order valence-electron chi connectivity index (χ4n) is 4.34. The second-order valence-electron chi connectivity index (χ2n) is 7.09. The van der Waals surface area contributed by atoms with Crippen molar-refractivity contribution >= 4 is 9.84 Å². The minimum atomic E-state index is -2.91. The van der Waals surface area contributed by atoms with E-state index < -0.39 is 9.84 Å². The van der Waals surface area contributed by atoms with Crippen LogP contribution in [0.4, 0.5) is 0 Å². The van der Waals surface area contributed by atoms with Gasteiger partial charge in [-0.1, -0.05) is 33.1 Å². The topological polar surface area (TPSA) is 60.2 Å². The third-order valence-corrected chi connectivity index (χ3v) is 7.60. The summed E-state index contributed by atoms with van der Waals surface area (Å²) in [4.78, 5) is 0. The number of nitrogens with two attached hydrogens (primary N) is 1. The summed E-state index contributed by atoms with van der Waals surface area (Å²) < 4.78 is 23.6. The highest BCUT2D eigenvalue weighted by molar-refractivity contribution is 7.91. The average molecular weight is 287 g/mol. The molecule has 2 aliphatic rings. The Bertz CT molecular complexity index is 420. The van der Waals surface area contributed by atoms with E-state index in [1.165, 1.54) is 19.1 Å². The predicted molar refractivity (Wildman–Crippen MR) is 79.7 cm³/mol. The molecular formula is C15H29NO2S. The van der Waals surface area contributed by atoms with Crippen molar-refractivity contribution in [3.8, 4) is 0 Å². The second kappa shape index (κ2) is 5.36. The van der Waals surface area contributed by atoms with E-state index in [0.29, 0.717) is 17.8 Å². The van der Waals surface area contributed by atoms with Crippen LogP contribution in [0.5, 0.6) is 0 Å². The molecule has 0 aromatic rings. The van der Waals surface area contributed by atoms with Gasteiger partial charge in [0.25, 0.3) is 0 Å². The Balaban J connectivity index is 2.16. The lowest BCUT2D eigenvalue weighted by molar-refractivity contribution is 0.0656. The van der Waals surface area contributed by atoms with Crippen molar-refractivity contribution in [3.63, 3.8) is 0 Å². The van der Waals surface area contributed by atoms with Crippen LogP contribution in [0.3, 0.4) is 0 Å². The van der Waals surface area contributed by atoms with Gasteiger partial charge in [-0.3, -0.25) is 0 Å². The first-order valence-corrected chi connectivity index (χ1v) is 9.68. The zero-order valence-corrected chi connectivity index (χ0v) is 13.4. The molecule has 5 atom stereocenters. The molecule has 0 saturated heterocycles. The molecule has 3 nitrogen and oxygen atoms in total. The van der Waals surface area contributed by atoms with E-state index in [4.69, 9.17) is 5.73 Å². The van der Waals surface area contributed by atoms with Crippen molar-refractivity contribution in [2.75, 3.05) is 6.26 Å². The van der Waals surface area contributed by atoms with Crippen LogP contribution in [0.1, 0.15) is 58.8 Å². The molecule has 0 spiro atoms. The van der Waals surface area contributed by atoms with Gasteiger partial charge in [-0.15, -0.1) is 0 Å². The minimum Gasteiger partial charge on any atom is -0.325 e. The highest BCUT2D eigenvalue weighted by Crippen LogP contribution is 2.46. The van der Waals surface area contributed by atoms with Crippen LogP contribution in [-0.2, 0) is 9.84 Å². The Morgan fingerprint density at radius 2 is 1.79 bits per heavy atom. The van der Waals surface area contributed by atoms with Gasteiger partial charge in [0.05, 0.1) is 5.25 Å². The zero-order valence-electron chi connectivity index (χ0n) is 12.6. The van der Waals surface area contributed by atoms with Crippen molar-refractivity contribution in [1.29, 1.82) is 0 Å². The molecule has 0 aromatic heterocycles. The maximum absolute atomic E-state index is 11.8. The third-order valence-electron chi connectivity index (χ3n) is 5.96. The van der Waals surface area contributed by atoms with Gasteiger partial charge in [-0.2, -0.15) is 0 Å². The molecule has 19 heavy (non-hydrogen) atoms. The van der Waals surface area contributed by atoms with Crippen LogP contribution < -0.4 is 5.73 Å². The molecule has 0 bridgehead atoms. The van der Waals surface area contributed by atoms with Crippen LogP contribution in [0.25, 0.3) is 0 Å². The molecule has 112 valence electrons. The molecule has 5 unspecified atom stereocenters. The summed E-state index contributed by atoms with van der Waals surface area (Å²) in [5.74, 6) is 1.56. The van der Waals surface area contributed by atoms with E-state index in [1.807, 2.05) is 0 Å². The summed E-state index contributed by atoms with van der Waals surface area (Å²) in [6.07, 6.45) is 8.66. The minimum absolute atomic E-state index is 0.138. The molecule has 4 heteroatoms. The lowest BCUT2D eigenvalue weighted by Crippen LogP contribution is -2.57. The molecule has 0 aromatic carbocycles. The third kappa shape index (κ3) is 2.99. The van der Waals surface area contributed by atoms with E-state index in [2.05, 4.69) is 13.8 Å². The molecule has 2 rings (SSSR count). The van der Waals surface area contributed by atoms with Crippen molar-refractivity contribution < 1.29 is 8.42 Å². The molecule has 0 aliphatic heterocycles. The summed E-state index contributed by atoms with van der Waals surface area (Å²) in [6.45, 7) is 4.57. The average Bonchev–Trinajstić information content (AvgIpc) is 2.35. The first kappa shape index (κ1) is 15.3. The molecule has 2 fully saturated rings. The predicted octanol–water partition coefficient (Wildman–Crippen LogP) is 2.74. The Morgan fingerprint density at radius 3 is 2.42 bits per heavy atom. The van der Waals surface area contributed by atoms with Crippen LogP contribution in [-0.4, -0.2) is 25.5 Å². The van der Waals surface area contributed by atoms with Crippen LogP contribution in [0, 0.1) is 17.8 Å². The zero-order chi connectivity index (χ0) is 14.3. The number of rotatable bonds is 2. The Morgan fingerprint density at radius 1 is 1.11 bits per heavy atom. The molecule has 0 radical (unpaired) electrons. The lowest BCUT2D eigenvalue weighted by atomic mass is 9.60. The van der Waals surface area contributed by atoms with E-state index in [1.54, 1.807) is 0 Å². The smallest absolute Gasteiger partial charge is 0.150 e. The summed E-state index contributed by atoms with van der Waals surface area (Å²) in [5.41, 5.74) is 6.64. The number of hydrogen-bond acceptors (Lipinski definition) is 3. The van der Waals surface area contributed by atoms with Gasteiger partial charge in [0.1, 0.15) is 9.84 Å². The fraction of sp³-hybridized carbons (Fsp3) is 1.00. The summed E-state index contributed by atoms with van der Waals surface area (Å²) in [5, 5.41) is -0.156. The van der Waals surface area contributed by atoms with Crippen LogP contribution >= 0.6 is 0 Å². The largest absolute Gasteiger partial charge is 0.325 e. The van der Waals surface area contributed by atoms with Gasteiger partial charge in [0, 0.05) is 11.8 Å². The van der Waals surface area contributed by atoms with E-state index in [9.17, 15) is 8.42 Å².